The molecule has 1 amide bonds. The quantitative estimate of drug-likeness (QED) is 0.243. The van der Waals surface area contributed by atoms with Crippen molar-refractivity contribution in [3.8, 4) is 17.4 Å². The Morgan fingerprint density at radius 3 is 2.61 bits per heavy atom. The number of rotatable bonds is 12. The summed E-state index contributed by atoms with van der Waals surface area (Å²) < 4.78 is 66.6. The van der Waals surface area contributed by atoms with Gasteiger partial charge in [-0.2, -0.15) is 13.2 Å². The summed E-state index contributed by atoms with van der Waals surface area (Å²) in [6, 6.07) is 4.29. The van der Waals surface area contributed by atoms with Gasteiger partial charge in [-0.1, -0.05) is 0 Å². The maximum Gasteiger partial charge on any atom is 0.406 e. The second-order valence-corrected chi connectivity index (χ2v) is 13.9. The predicted octanol–water partition coefficient (Wildman–Crippen LogP) is 4.97. The van der Waals surface area contributed by atoms with Crippen LogP contribution in [0.15, 0.2) is 36.8 Å². The summed E-state index contributed by atoms with van der Waals surface area (Å²) in [5.74, 6) is -0.704. The molecule has 11 nitrogen and oxygen atoms in total. The summed E-state index contributed by atoms with van der Waals surface area (Å²) >= 11 is 0. The monoisotopic (exact) mass is 686 g/mol. The first kappa shape index (κ1) is 34.7. The molecular weight excluding hydrogens is 644 g/mol. The van der Waals surface area contributed by atoms with Gasteiger partial charge in [-0.05, 0) is 84.6 Å². The van der Waals surface area contributed by atoms with Gasteiger partial charge >= 0.3 is 6.18 Å². The van der Waals surface area contributed by atoms with Crippen LogP contribution in [0, 0.1) is 11.2 Å². The SMILES string of the molecule is CC(C)N(CC(F)(F)F)C(=O)c1cc(F)ccc1Oc1nncnc1N1CC2(CC(Oc3ccnc4c3CN(CCCN(C)C)CC4)C2)C1. The van der Waals surface area contributed by atoms with Crippen LogP contribution in [0.1, 0.15) is 54.7 Å². The number of nitrogens with zero attached hydrogens (tertiary/aromatic N) is 8. The fourth-order valence-corrected chi connectivity index (χ4v) is 6.96. The minimum Gasteiger partial charge on any atom is -0.490 e. The number of hydrogen-bond acceptors (Lipinski definition) is 10. The number of alkyl halides is 3. The Balaban J connectivity index is 1.09. The van der Waals surface area contributed by atoms with Gasteiger partial charge in [-0.25, -0.2) is 9.37 Å². The van der Waals surface area contributed by atoms with Crippen molar-refractivity contribution >= 4 is 11.7 Å². The van der Waals surface area contributed by atoms with Crippen molar-refractivity contribution in [3.63, 3.8) is 0 Å². The second-order valence-electron chi connectivity index (χ2n) is 13.9. The first-order chi connectivity index (χ1) is 23.3. The fraction of sp³-hybridized carbons (Fsp3) is 0.559. The summed E-state index contributed by atoms with van der Waals surface area (Å²) in [7, 11) is 4.18. The number of halogens is 4. The fourth-order valence-electron chi connectivity index (χ4n) is 6.96. The maximum atomic E-state index is 14.3. The number of benzene rings is 1. The summed E-state index contributed by atoms with van der Waals surface area (Å²) in [6.45, 7) is 6.66. The smallest absolute Gasteiger partial charge is 0.406 e. The van der Waals surface area contributed by atoms with Crippen LogP contribution < -0.4 is 14.4 Å². The summed E-state index contributed by atoms with van der Waals surface area (Å²) in [6.07, 6.45) is 2.28. The molecule has 1 saturated carbocycles. The van der Waals surface area contributed by atoms with Crippen LogP contribution in [0.25, 0.3) is 0 Å². The van der Waals surface area contributed by atoms with E-state index in [1.54, 1.807) is 0 Å². The zero-order valence-corrected chi connectivity index (χ0v) is 28.2. The number of pyridine rings is 1. The Hall–Kier alpha value is -4.11. The Labute approximate surface area is 283 Å². The van der Waals surface area contributed by atoms with E-state index in [-0.39, 0.29) is 28.7 Å². The number of anilines is 1. The van der Waals surface area contributed by atoms with E-state index in [2.05, 4.69) is 44.1 Å². The van der Waals surface area contributed by atoms with Gasteiger partial charge in [0.2, 0.25) is 0 Å². The van der Waals surface area contributed by atoms with Gasteiger partial charge in [0, 0.05) is 61.5 Å². The van der Waals surface area contributed by atoms with E-state index < -0.39 is 30.5 Å². The molecule has 0 unspecified atom stereocenters. The standard InChI is InChI=1S/C34H42F4N8O3/c1-22(2)46(20-34(36,37)38)32(47)25-14-23(35)6-7-28(25)49-31-30(40-21-41-42-31)45-18-33(19-45)15-24(16-33)48-29-8-10-39-27-9-13-44(17-26(27)29)12-5-11-43(3)4/h6-8,10,14,21-22,24H,5,9,11-13,15-20H2,1-4H3. The molecule has 49 heavy (non-hydrogen) atoms. The highest BCUT2D eigenvalue weighted by atomic mass is 19.4. The lowest BCUT2D eigenvalue weighted by Crippen LogP contribution is -2.65. The second kappa shape index (κ2) is 14.0. The summed E-state index contributed by atoms with van der Waals surface area (Å²) in [5, 5.41) is 7.88. The van der Waals surface area contributed by atoms with E-state index in [1.165, 1.54) is 31.8 Å². The molecule has 0 bridgehead atoms. The molecule has 1 spiro atoms. The van der Waals surface area contributed by atoms with E-state index in [1.807, 2.05) is 17.2 Å². The highest BCUT2D eigenvalue weighted by molar-refractivity contribution is 5.97. The van der Waals surface area contributed by atoms with E-state index in [0.717, 1.165) is 75.4 Å². The lowest BCUT2D eigenvalue weighted by atomic mass is 9.61. The van der Waals surface area contributed by atoms with Gasteiger partial charge < -0.3 is 24.2 Å². The van der Waals surface area contributed by atoms with Gasteiger partial charge in [-0.3, -0.25) is 14.7 Å². The molecule has 2 aromatic heterocycles. The van der Waals surface area contributed by atoms with Gasteiger partial charge in [0.25, 0.3) is 11.8 Å². The Bertz CT molecular complexity index is 1640. The van der Waals surface area contributed by atoms with E-state index >= 15 is 0 Å². The minimum absolute atomic E-state index is 0.0319. The van der Waals surface area contributed by atoms with Crippen LogP contribution in [-0.2, 0) is 13.0 Å². The maximum absolute atomic E-state index is 14.3. The molecule has 6 rings (SSSR count). The van der Waals surface area contributed by atoms with E-state index in [9.17, 15) is 22.4 Å². The van der Waals surface area contributed by atoms with E-state index in [0.29, 0.717) is 23.8 Å². The number of aromatic nitrogens is 4. The van der Waals surface area contributed by atoms with Crippen molar-refractivity contribution < 1.29 is 31.8 Å². The predicted molar refractivity (Wildman–Crippen MR) is 173 cm³/mol. The van der Waals surface area contributed by atoms with Crippen LogP contribution in [0.4, 0.5) is 23.4 Å². The van der Waals surface area contributed by atoms with Crippen molar-refractivity contribution in [2.24, 2.45) is 5.41 Å². The van der Waals surface area contributed by atoms with Crippen LogP contribution in [0.5, 0.6) is 17.4 Å². The highest BCUT2D eigenvalue weighted by Crippen LogP contribution is 2.52. The molecule has 15 heteroatoms. The summed E-state index contributed by atoms with van der Waals surface area (Å²) in [5.41, 5.74) is 1.96. The third-order valence-corrected chi connectivity index (χ3v) is 9.38. The van der Waals surface area contributed by atoms with Crippen LogP contribution >= 0.6 is 0 Å². The molecular formula is C34H42F4N8O3. The molecule has 0 radical (unpaired) electrons. The van der Waals surface area contributed by atoms with Crippen molar-refractivity contribution in [1.82, 2.24) is 34.9 Å². The molecule has 0 atom stereocenters. The van der Waals surface area contributed by atoms with Gasteiger partial charge in [-0.15, -0.1) is 10.2 Å². The molecule has 0 N–H and O–H groups in total. The zero-order chi connectivity index (χ0) is 34.9. The number of hydrogen-bond donors (Lipinski definition) is 0. The first-order valence-electron chi connectivity index (χ1n) is 16.6. The number of amides is 1. The number of ether oxygens (including phenoxy) is 2. The normalized spacial score (nSPS) is 17.6. The average molecular weight is 687 g/mol. The Morgan fingerprint density at radius 2 is 1.90 bits per heavy atom. The molecule has 1 saturated heterocycles. The van der Waals surface area contributed by atoms with Crippen LogP contribution in [0.2, 0.25) is 0 Å². The first-order valence-corrected chi connectivity index (χ1v) is 16.6. The Morgan fingerprint density at radius 1 is 1.12 bits per heavy atom. The largest absolute Gasteiger partial charge is 0.490 e. The molecule has 2 fully saturated rings. The molecule has 1 aromatic carbocycles. The van der Waals surface area contributed by atoms with Gasteiger partial charge in [0.05, 0.1) is 5.56 Å². The van der Waals surface area contributed by atoms with Crippen molar-refractivity contribution in [2.75, 3.05) is 58.3 Å². The lowest BCUT2D eigenvalue weighted by molar-refractivity contribution is -0.143. The topological polar surface area (TPSA) is 100 Å². The molecule has 264 valence electrons. The minimum atomic E-state index is -4.64. The molecule has 1 aliphatic carbocycles. The Kier molecular flexibility index (Phi) is 9.94. The van der Waals surface area contributed by atoms with Crippen LogP contribution in [-0.4, -0.2) is 112 Å². The molecule has 2 aliphatic heterocycles. The lowest BCUT2D eigenvalue weighted by Gasteiger charge is -2.58. The van der Waals surface area contributed by atoms with Crippen molar-refractivity contribution in [1.29, 1.82) is 0 Å². The number of carbonyl (C=O) groups excluding carboxylic acids is 1. The zero-order valence-electron chi connectivity index (χ0n) is 28.2. The number of fused-ring (bicyclic) bond motifs is 1. The highest BCUT2D eigenvalue weighted by Gasteiger charge is 2.54. The number of carbonyl (C=O) groups is 1. The van der Waals surface area contributed by atoms with Crippen molar-refractivity contribution in [2.45, 2.75) is 64.4 Å². The third-order valence-electron chi connectivity index (χ3n) is 9.38. The van der Waals surface area contributed by atoms with Crippen LogP contribution in [0.3, 0.4) is 0 Å². The van der Waals surface area contributed by atoms with Crippen molar-refractivity contribution in [3.05, 3.63) is 59.4 Å². The molecule has 3 aromatic rings. The van der Waals surface area contributed by atoms with E-state index in [4.69, 9.17) is 9.47 Å². The molecule has 4 heterocycles. The molecule has 3 aliphatic rings. The average Bonchev–Trinajstić information content (AvgIpc) is 3.00. The van der Waals surface area contributed by atoms with Gasteiger partial charge in [0.15, 0.2) is 5.82 Å². The van der Waals surface area contributed by atoms with Gasteiger partial charge in [0.1, 0.15) is 36.3 Å². The summed E-state index contributed by atoms with van der Waals surface area (Å²) in [4.78, 5) is 29.5. The third kappa shape index (κ3) is 8.04.